The zero-order valence-corrected chi connectivity index (χ0v) is 14.5. The first-order valence-corrected chi connectivity index (χ1v) is 9.35. The third-order valence-corrected chi connectivity index (χ3v) is 6.36. The molecule has 5 nitrogen and oxygen atoms in total. The van der Waals surface area contributed by atoms with Crippen molar-refractivity contribution in [3.63, 3.8) is 0 Å². The number of hydrogen-bond acceptors (Lipinski definition) is 6. The van der Waals surface area contributed by atoms with Crippen molar-refractivity contribution in [1.29, 1.82) is 0 Å². The minimum Gasteiger partial charge on any atom is -0.338 e. The molecule has 2 heterocycles. The van der Waals surface area contributed by atoms with Crippen LogP contribution in [0.25, 0.3) is 0 Å². The normalized spacial score (nSPS) is 13.8. The zero-order chi connectivity index (χ0) is 15.8. The number of aromatic nitrogens is 2. The number of thiophene rings is 1. The monoisotopic (exact) mass is 328 g/mol. The van der Waals surface area contributed by atoms with E-state index in [1.54, 1.807) is 18.3 Å². The zero-order valence-electron chi connectivity index (χ0n) is 12.9. The van der Waals surface area contributed by atoms with Gasteiger partial charge in [0.2, 0.25) is 5.89 Å². The molecule has 0 N–H and O–H groups in total. The Morgan fingerprint density at radius 2 is 1.95 bits per heavy atom. The highest BCUT2D eigenvalue weighted by Gasteiger charge is 2.29. The molecule has 0 spiro atoms. The van der Waals surface area contributed by atoms with Gasteiger partial charge >= 0.3 is 0 Å². The predicted molar refractivity (Wildman–Crippen MR) is 83.2 cm³/mol. The van der Waals surface area contributed by atoms with Crippen molar-refractivity contribution in [2.75, 3.05) is 0 Å². The van der Waals surface area contributed by atoms with Crippen LogP contribution in [0, 0.1) is 13.8 Å². The summed E-state index contributed by atoms with van der Waals surface area (Å²) < 4.78 is 30.1. The van der Waals surface area contributed by atoms with Crippen molar-refractivity contribution >= 4 is 21.2 Å². The summed E-state index contributed by atoms with van der Waals surface area (Å²) in [5.74, 6) is 0.820. The average Bonchev–Trinajstić information content (AvgIpc) is 2.96. The van der Waals surface area contributed by atoms with Crippen LogP contribution in [0.5, 0.6) is 0 Å². The van der Waals surface area contributed by atoms with Crippen LogP contribution in [0.3, 0.4) is 0 Å². The Morgan fingerprint density at radius 3 is 2.43 bits per heavy atom. The summed E-state index contributed by atoms with van der Waals surface area (Å²) in [6.07, 6.45) is 0. The van der Waals surface area contributed by atoms with Crippen LogP contribution in [0.4, 0.5) is 0 Å². The number of rotatable bonds is 5. The summed E-state index contributed by atoms with van der Waals surface area (Å²) in [6.45, 7) is 9.39. The van der Waals surface area contributed by atoms with Crippen molar-refractivity contribution < 1.29 is 12.9 Å². The largest absolute Gasteiger partial charge is 0.338 e. The van der Waals surface area contributed by atoms with E-state index in [0.29, 0.717) is 5.82 Å². The van der Waals surface area contributed by atoms with Crippen molar-refractivity contribution in [2.45, 2.75) is 51.5 Å². The molecule has 116 valence electrons. The average molecular weight is 328 g/mol. The van der Waals surface area contributed by atoms with Gasteiger partial charge in [-0.15, -0.1) is 11.3 Å². The quantitative estimate of drug-likeness (QED) is 0.839. The maximum atomic E-state index is 12.5. The molecule has 2 rings (SSSR count). The van der Waals surface area contributed by atoms with Gasteiger partial charge in [-0.05, 0) is 32.4 Å². The van der Waals surface area contributed by atoms with Gasteiger partial charge in [0.15, 0.2) is 15.7 Å². The van der Waals surface area contributed by atoms with Crippen molar-refractivity contribution in [3.05, 3.63) is 33.1 Å². The maximum absolute atomic E-state index is 12.5. The van der Waals surface area contributed by atoms with Gasteiger partial charge < -0.3 is 4.52 Å². The number of hydrogen-bond donors (Lipinski definition) is 0. The van der Waals surface area contributed by atoms with Crippen LogP contribution in [-0.2, 0) is 15.6 Å². The fraction of sp³-hybridized carbons (Fsp3) is 0.571. The van der Waals surface area contributed by atoms with E-state index in [9.17, 15) is 8.42 Å². The number of aryl methyl sites for hydroxylation is 2. The van der Waals surface area contributed by atoms with Gasteiger partial charge in [-0.2, -0.15) is 4.98 Å². The van der Waals surface area contributed by atoms with Gasteiger partial charge in [-0.25, -0.2) is 8.42 Å². The van der Waals surface area contributed by atoms with Crippen molar-refractivity contribution in [2.24, 2.45) is 0 Å². The first-order valence-electron chi connectivity index (χ1n) is 6.81. The topological polar surface area (TPSA) is 73.1 Å². The Kier molecular flexibility index (Phi) is 4.53. The molecule has 0 saturated carbocycles. The lowest BCUT2D eigenvalue weighted by Gasteiger charge is -2.08. The molecule has 0 aromatic carbocycles. The smallest absolute Gasteiger partial charge is 0.244 e. The molecule has 2 aromatic heterocycles. The molecule has 0 saturated heterocycles. The molecule has 0 radical (unpaired) electrons. The van der Waals surface area contributed by atoms with E-state index in [1.165, 1.54) is 0 Å². The Labute approximate surface area is 129 Å². The Morgan fingerprint density at radius 1 is 1.29 bits per heavy atom. The van der Waals surface area contributed by atoms with Crippen LogP contribution in [-0.4, -0.2) is 18.6 Å². The molecule has 7 heteroatoms. The van der Waals surface area contributed by atoms with E-state index in [0.717, 1.165) is 15.3 Å². The standard InChI is InChI=1S/C14H20N2O3S2/c1-8(2)13-15-14(19-16-13)11(5)21(17,18)7-12-6-9(3)20-10(12)4/h6,8,11H,7H2,1-5H3. The van der Waals surface area contributed by atoms with Gasteiger partial charge in [-0.1, -0.05) is 19.0 Å². The van der Waals surface area contributed by atoms with E-state index in [1.807, 2.05) is 33.8 Å². The van der Waals surface area contributed by atoms with Gasteiger partial charge in [0.25, 0.3) is 0 Å². The molecular formula is C14H20N2O3S2. The lowest BCUT2D eigenvalue weighted by molar-refractivity contribution is 0.369. The summed E-state index contributed by atoms with van der Waals surface area (Å²) in [4.78, 5) is 6.35. The Hall–Kier alpha value is -1.21. The summed E-state index contributed by atoms with van der Waals surface area (Å²) in [5.41, 5.74) is 0.855. The minimum absolute atomic E-state index is 0.00370. The highest BCUT2D eigenvalue weighted by atomic mass is 32.2. The fourth-order valence-electron chi connectivity index (χ4n) is 1.97. The van der Waals surface area contributed by atoms with Crippen LogP contribution in [0.1, 0.15) is 59.0 Å². The lowest BCUT2D eigenvalue weighted by atomic mass is 10.2. The van der Waals surface area contributed by atoms with Gasteiger partial charge in [0.1, 0.15) is 5.25 Å². The molecule has 1 unspecified atom stereocenters. The molecule has 0 aliphatic carbocycles. The first-order chi connectivity index (χ1) is 9.70. The van der Waals surface area contributed by atoms with E-state index >= 15 is 0 Å². The predicted octanol–water partition coefficient (Wildman–Crippen LogP) is 3.55. The molecule has 0 amide bonds. The third kappa shape index (κ3) is 3.52. The lowest BCUT2D eigenvalue weighted by Crippen LogP contribution is -2.13. The fourth-order valence-corrected chi connectivity index (χ4v) is 4.39. The van der Waals surface area contributed by atoms with Crippen LogP contribution in [0.2, 0.25) is 0 Å². The molecule has 0 bridgehead atoms. The molecule has 21 heavy (non-hydrogen) atoms. The molecule has 0 fully saturated rings. The molecular weight excluding hydrogens is 308 g/mol. The number of sulfone groups is 1. The van der Waals surface area contributed by atoms with E-state index in [2.05, 4.69) is 10.1 Å². The number of nitrogens with zero attached hydrogens (tertiary/aromatic N) is 2. The van der Waals surface area contributed by atoms with Crippen LogP contribution in [0.15, 0.2) is 10.6 Å². The van der Waals surface area contributed by atoms with Crippen molar-refractivity contribution in [3.8, 4) is 0 Å². The van der Waals surface area contributed by atoms with Gasteiger partial charge in [0, 0.05) is 15.7 Å². The van der Waals surface area contributed by atoms with Crippen molar-refractivity contribution in [1.82, 2.24) is 10.1 Å². The Bertz CT molecular complexity index is 729. The van der Waals surface area contributed by atoms with E-state index in [4.69, 9.17) is 4.52 Å². The van der Waals surface area contributed by atoms with E-state index < -0.39 is 15.1 Å². The molecule has 0 aliphatic heterocycles. The second kappa shape index (κ2) is 5.88. The third-order valence-electron chi connectivity index (χ3n) is 3.36. The molecule has 2 aromatic rings. The first kappa shape index (κ1) is 16.2. The molecule has 0 aliphatic rings. The minimum atomic E-state index is -3.38. The molecule has 1 atom stereocenters. The summed E-state index contributed by atoms with van der Waals surface area (Å²) in [5, 5.41) is 3.04. The van der Waals surface area contributed by atoms with Crippen LogP contribution < -0.4 is 0 Å². The SMILES string of the molecule is Cc1cc(CS(=O)(=O)C(C)c2nc(C(C)C)no2)c(C)s1. The van der Waals surface area contributed by atoms with Gasteiger partial charge in [-0.3, -0.25) is 0 Å². The summed E-state index contributed by atoms with van der Waals surface area (Å²) >= 11 is 1.61. The van der Waals surface area contributed by atoms with Crippen LogP contribution >= 0.6 is 11.3 Å². The Balaban J connectivity index is 2.23. The second-order valence-corrected chi connectivity index (χ2v) is 9.32. The maximum Gasteiger partial charge on any atom is 0.244 e. The highest BCUT2D eigenvalue weighted by molar-refractivity contribution is 7.90. The van der Waals surface area contributed by atoms with Gasteiger partial charge in [0.05, 0.1) is 5.75 Å². The second-order valence-electron chi connectivity index (χ2n) is 5.53. The highest BCUT2D eigenvalue weighted by Crippen LogP contribution is 2.29. The summed E-state index contributed by atoms with van der Waals surface area (Å²) in [6, 6.07) is 1.93. The van der Waals surface area contributed by atoms with E-state index in [-0.39, 0.29) is 17.6 Å². The summed E-state index contributed by atoms with van der Waals surface area (Å²) in [7, 11) is -3.38.